The Balaban J connectivity index is 2.51. The first-order valence-electron chi connectivity index (χ1n) is 5.95. The lowest BCUT2D eigenvalue weighted by molar-refractivity contribution is 0.400. The molecule has 0 aliphatic carbocycles. The molecule has 0 aliphatic heterocycles. The lowest BCUT2D eigenvalue weighted by Gasteiger charge is -2.20. The maximum atomic E-state index is 5.38. The highest BCUT2D eigenvalue weighted by Gasteiger charge is 2.24. The third-order valence-electron chi connectivity index (χ3n) is 2.86. The van der Waals surface area contributed by atoms with Crippen LogP contribution in [-0.2, 0) is 7.05 Å². The van der Waals surface area contributed by atoms with Gasteiger partial charge >= 0.3 is 0 Å². The van der Waals surface area contributed by atoms with E-state index in [1.807, 2.05) is 13.1 Å². The highest BCUT2D eigenvalue weighted by molar-refractivity contribution is 9.10. The minimum Gasteiger partial charge on any atom is -0.495 e. The summed E-state index contributed by atoms with van der Waals surface area (Å²) in [6.07, 6.45) is 3.46. The van der Waals surface area contributed by atoms with E-state index in [1.165, 1.54) is 0 Å². The molecule has 7 heteroatoms. The van der Waals surface area contributed by atoms with E-state index in [9.17, 15) is 0 Å². The Kier molecular flexibility index (Phi) is 4.49. The van der Waals surface area contributed by atoms with Crippen LogP contribution in [0.25, 0.3) is 0 Å². The second-order valence-electron chi connectivity index (χ2n) is 4.00. The molecule has 0 fully saturated rings. The molecule has 0 aromatic carbocycles. The molecule has 0 bridgehead atoms. The summed E-state index contributed by atoms with van der Waals surface area (Å²) in [7, 11) is 3.51. The molecule has 2 aromatic heterocycles. The highest BCUT2D eigenvalue weighted by atomic mass is 79.9. The number of hydrogen-bond acceptors (Lipinski definition) is 5. The molecule has 1 N–H and O–H groups in total. The first kappa shape index (κ1) is 14.0. The van der Waals surface area contributed by atoms with Gasteiger partial charge in [0.05, 0.1) is 25.0 Å². The molecule has 2 rings (SSSR count). The molecule has 2 aromatic rings. The maximum absolute atomic E-state index is 5.38. The summed E-state index contributed by atoms with van der Waals surface area (Å²) >= 11 is 3.44. The fourth-order valence-corrected chi connectivity index (χ4v) is 2.56. The quantitative estimate of drug-likeness (QED) is 0.906. The van der Waals surface area contributed by atoms with Crippen LogP contribution < -0.4 is 10.1 Å². The van der Waals surface area contributed by atoms with Gasteiger partial charge in [-0.3, -0.25) is 4.98 Å². The Labute approximate surface area is 120 Å². The van der Waals surface area contributed by atoms with Crippen LogP contribution in [0.2, 0.25) is 0 Å². The minimum absolute atomic E-state index is 0.0580. The van der Waals surface area contributed by atoms with Gasteiger partial charge in [-0.1, -0.05) is 12.1 Å². The standard InChI is InChI=1S/C12H16BrN5O/c1-4-15-10(11-12(13)16-17-18(11)2)8-5-6-14-7-9(8)19-3/h5-7,10,15H,4H2,1-3H3. The Morgan fingerprint density at radius 3 is 2.89 bits per heavy atom. The summed E-state index contributed by atoms with van der Waals surface area (Å²) in [5, 5.41) is 11.5. The summed E-state index contributed by atoms with van der Waals surface area (Å²) in [6.45, 7) is 2.87. The van der Waals surface area contributed by atoms with E-state index < -0.39 is 0 Å². The number of halogens is 1. The van der Waals surface area contributed by atoms with Gasteiger partial charge in [-0.05, 0) is 28.5 Å². The lowest BCUT2D eigenvalue weighted by Crippen LogP contribution is -2.25. The van der Waals surface area contributed by atoms with Crippen LogP contribution >= 0.6 is 15.9 Å². The summed E-state index contributed by atoms with van der Waals surface area (Å²) in [5.74, 6) is 0.738. The summed E-state index contributed by atoms with van der Waals surface area (Å²) in [5.41, 5.74) is 1.96. The molecule has 19 heavy (non-hydrogen) atoms. The molecule has 0 saturated carbocycles. The molecule has 0 amide bonds. The minimum atomic E-state index is -0.0580. The number of rotatable bonds is 5. The van der Waals surface area contributed by atoms with Gasteiger partial charge in [0.2, 0.25) is 0 Å². The van der Waals surface area contributed by atoms with Crippen molar-refractivity contribution in [2.24, 2.45) is 7.05 Å². The van der Waals surface area contributed by atoms with E-state index in [-0.39, 0.29) is 6.04 Å². The van der Waals surface area contributed by atoms with Gasteiger partial charge in [-0.25, -0.2) is 4.68 Å². The molecule has 2 heterocycles. The first-order valence-corrected chi connectivity index (χ1v) is 6.74. The molecule has 102 valence electrons. The van der Waals surface area contributed by atoms with Crippen LogP contribution in [-0.4, -0.2) is 33.6 Å². The molecule has 1 unspecified atom stereocenters. The fourth-order valence-electron chi connectivity index (χ4n) is 2.00. The number of nitrogens with zero attached hydrogens (tertiary/aromatic N) is 4. The third kappa shape index (κ3) is 2.76. The van der Waals surface area contributed by atoms with Crippen molar-refractivity contribution in [3.8, 4) is 5.75 Å². The van der Waals surface area contributed by atoms with Gasteiger partial charge in [-0.15, -0.1) is 5.10 Å². The van der Waals surface area contributed by atoms with E-state index in [4.69, 9.17) is 4.74 Å². The van der Waals surface area contributed by atoms with Crippen molar-refractivity contribution in [1.29, 1.82) is 0 Å². The topological polar surface area (TPSA) is 64.9 Å². The van der Waals surface area contributed by atoms with Gasteiger partial charge in [0.1, 0.15) is 5.75 Å². The van der Waals surface area contributed by atoms with Crippen LogP contribution in [0.4, 0.5) is 0 Å². The number of nitrogens with one attached hydrogen (secondary N) is 1. The molecule has 6 nitrogen and oxygen atoms in total. The van der Waals surface area contributed by atoms with Crippen LogP contribution in [0.3, 0.4) is 0 Å². The monoisotopic (exact) mass is 325 g/mol. The highest BCUT2D eigenvalue weighted by Crippen LogP contribution is 2.31. The summed E-state index contributed by atoms with van der Waals surface area (Å²) in [4.78, 5) is 4.08. The van der Waals surface area contributed by atoms with Crippen molar-refractivity contribution in [3.05, 3.63) is 34.3 Å². The summed E-state index contributed by atoms with van der Waals surface area (Å²) in [6, 6.07) is 1.88. The SMILES string of the molecule is CCNC(c1ccncc1OC)c1c(Br)nnn1C. The van der Waals surface area contributed by atoms with Gasteiger partial charge in [-0.2, -0.15) is 0 Å². The third-order valence-corrected chi connectivity index (χ3v) is 3.42. The number of ether oxygens (including phenoxy) is 1. The zero-order valence-electron chi connectivity index (χ0n) is 11.1. The molecule has 0 saturated heterocycles. The van der Waals surface area contributed by atoms with Crippen molar-refractivity contribution in [1.82, 2.24) is 25.3 Å². The smallest absolute Gasteiger partial charge is 0.153 e. The molecule has 0 radical (unpaired) electrons. The number of methoxy groups -OCH3 is 1. The number of hydrogen-bond donors (Lipinski definition) is 1. The Hall–Kier alpha value is -1.47. The van der Waals surface area contributed by atoms with Crippen molar-refractivity contribution in [3.63, 3.8) is 0 Å². The molecule has 1 atom stereocenters. The Bertz CT molecular complexity index is 537. The second-order valence-corrected chi connectivity index (χ2v) is 4.75. The normalized spacial score (nSPS) is 12.4. The average molecular weight is 326 g/mol. The van der Waals surface area contributed by atoms with Crippen LogP contribution in [0.5, 0.6) is 5.75 Å². The summed E-state index contributed by atoms with van der Waals surface area (Å²) < 4.78 is 7.85. The molecule has 0 spiro atoms. The van der Waals surface area contributed by atoms with Crippen LogP contribution in [0.1, 0.15) is 24.2 Å². The van der Waals surface area contributed by atoms with Crippen LogP contribution in [0, 0.1) is 0 Å². The zero-order valence-corrected chi connectivity index (χ0v) is 12.7. The Morgan fingerprint density at radius 1 is 1.53 bits per heavy atom. The van der Waals surface area contributed by atoms with Crippen molar-refractivity contribution < 1.29 is 4.74 Å². The molecule has 0 aliphatic rings. The van der Waals surface area contributed by atoms with Crippen molar-refractivity contribution in [2.45, 2.75) is 13.0 Å². The number of aryl methyl sites for hydroxylation is 1. The van der Waals surface area contributed by atoms with E-state index in [1.54, 1.807) is 24.2 Å². The van der Waals surface area contributed by atoms with Gasteiger partial charge in [0, 0.05) is 18.8 Å². The first-order chi connectivity index (χ1) is 9.19. The average Bonchev–Trinajstić information content (AvgIpc) is 2.76. The largest absolute Gasteiger partial charge is 0.495 e. The van der Waals surface area contributed by atoms with Gasteiger partial charge < -0.3 is 10.1 Å². The number of aromatic nitrogens is 4. The second kappa shape index (κ2) is 6.12. The van der Waals surface area contributed by atoms with Crippen molar-refractivity contribution >= 4 is 15.9 Å². The number of pyridine rings is 1. The van der Waals surface area contributed by atoms with Gasteiger partial charge in [0.15, 0.2) is 4.60 Å². The predicted molar refractivity (Wildman–Crippen MR) is 75.0 cm³/mol. The lowest BCUT2D eigenvalue weighted by atomic mass is 10.0. The Morgan fingerprint density at radius 2 is 2.32 bits per heavy atom. The van der Waals surface area contributed by atoms with E-state index in [0.717, 1.165) is 28.2 Å². The van der Waals surface area contributed by atoms with Crippen molar-refractivity contribution in [2.75, 3.05) is 13.7 Å². The molecular formula is C12H16BrN5O. The predicted octanol–water partition coefficient (Wildman–Crippen LogP) is 1.68. The van der Waals surface area contributed by atoms with E-state index >= 15 is 0 Å². The van der Waals surface area contributed by atoms with Gasteiger partial charge in [0.25, 0.3) is 0 Å². The van der Waals surface area contributed by atoms with Crippen LogP contribution in [0.15, 0.2) is 23.1 Å². The fraction of sp³-hybridized carbons (Fsp3) is 0.417. The zero-order chi connectivity index (χ0) is 13.8. The molecular weight excluding hydrogens is 310 g/mol. The van der Waals surface area contributed by atoms with E-state index in [0.29, 0.717) is 0 Å². The van der Waals surface area contributed by atoms with E-state index in [2.05, 4.69) is 43.5 Å². The maximum Gasteiger partial charge on any atom is 0.153 e.